The maximum atomic E-state index is 12.8. The maximum Gasteiger partial charge on any atom is 0.259 e. The second-order valence-electron chi connectivity index (χ2n) is 6.44. The number of amides is 2. The van der Waals surface area contributed by atoms with Gasteiger partial charge in [0.05, 0.1) is 12.7 Å². The summed E-state index contributed by atoms with van der Waals surface area (Å²) < 4.78 is 5.24. The maximum absolute atomic E-state index is 12.8. The average Bonchev–Trinajstić information content (AvgIpc) is 2.97. The van der Waals surface area contributed by atoms with Crippen molar-refractivity contribution in [2.45, 2.75) is 25.7 Å². The molecule has 1 saturated heterocycles. The van der Waals surface area contributed by atoms with Gasteiger partial charge in [-0.3, -0.25) is 9.59 Å². The Bertz CT molecular complexity index is 780. The van der Waals surface area contributed by atoms with Crippen LogP contribution in [0.2, 0.25) is 0 Å². The van der Waals surface area contributed by atoms with Gasteiger partial charge < -0.3 is 15.0 Å². The second kappa shape index (κ2) is 8.52. The van der Waals surface area contributed by atoms with E-state index < -0.39 is 0 Å². The molecular weight excluding hydrogens is 328 g/mol. The summed E-state index contributed by atoms with van der Waals surface area (Å²) >= 11 is 0. The molecule has 1 aliphatic rings. The third-order valence-electron chi connectivity index (χ3n) is 4.61. The summed E-state index contributed by atoms with van der Waals surface area (Å²) in [7, 11) is 1.53. The summed E-state index contributed by atoms with van der Waals surface area (Å²) in [6.07, 6.45) is 4.46. The fraction of sp³-hybridized carbons (Fsp3) is 0.333. The van der Waals surface area contributed by atoms with Crippen LogP contribution in [-0.2, 0) is 0 Å². The van der Waals surface area contributed by atoms with Gasteiger partial charge in [-0.25, -0.2) is 0 Å². The molecule has 5 heteroatoms. The number of nitrogens with one attached hydrogen (secondary N) is 1. The minimum absolute atomic E-state index is 0.0280. The van der Waals surface area contributed by atoms with Crippen LogP contribution in [0.15, 0.2) is 48.5 Å². The number of anilines is 1. The van der Waals surface area contributed by atoms with Crippen molar-refractivity contribution in [1.82, 2.24) is 4.90 Å². The standard InChI is InChI=1S/C21H24N2O3/c1-26-19-12-5-4-11-18(19)20(24)22-17-10-8-9-16(15-17)21(25)23-13-6-2-3-7-14-23/h4-5,8-12,15H,2-3,6-7,13-14H2,1H3,(H,22,24). The molecule has 0 saturated carbocycles. The number of rotatable bonds is 4. The van der Waals surface area contributed by atoms with Crippen LogP contribution in [0.3, 0.4) is 0 Å². The van der Waals surface area contributed by atoms with Crippen LogP contribution in [-0.4, -0.2) is 36.9 Å². The van der Waals surface area contributed by atoms with E-state index in [1.807, 2.05) is 11.0 Å². The van der Waals surface area contributed by atoms with Gasteiger partial charge in [0.1, 0.15) is 5.75 Å². The lowest BCUT2D eigenvalue weighted by molar-refractivity contribution is 0.0761. The molecule has 0 atom stereocenters. The zero-order valence-corrected chi connectivity index (χ0v) is 15.0. The summed E-state index contributed by atoms with van der Waals surface area (Å²) in [5.41, 5.74) is 1.66. The predicted molar refractivity (Wildman–Crippen MR) is 102 cm³/mol. The molecular formula is C21H24N2O3. The van der Waals surface area contributed by atoms with Gasteiger partial charge in [0.15, 0.2) is 0 Å². The molecule has 0 spiro atoms. The van der Waals surface area contributed by atoms with Crippen LogP contribution < -0.4 is 10.1 Å². The van der Waals surface area contributed by atoms with Gasteiger partial charge >= 0.3 is 0 Å². The van der Waals surface area contributed by atoms with Crippen molar-refractivity contribution < 1.29 is 14.3 Å². The molecule has 1 N–H and O–H groups in total. The van der Waals surface area contributed by atoms with Crippen molar-refractivity contribution in [2.75, 3.05) is 25.5 Å². The minimum Gasteiger partial charge on any atom is -0.496 e. The Hall–Kier alpha value is -2.82. The molecule has 0 radical (unpaired) electrons. The lowest BCUT2D eigenvalue weighted by Gasteiger charge is -2.20. The zero-order valence-electron chi connectivity index (χ0n) is 15.0. The Kier molecular flexibility index (Phi) is 5.89. The second-order valence-corrected chi connectivity index (χ2v) is 6.44. The molecule has 1 fully saturated rings. The molecule has 1 aliphatic heterocycles. The molecule has 2 aromatic rings. The third-order valence-corrected chi connectivity index (χ3v) is 4.61. The van der Waals surface area contributed by atoms with E-state index in [1.54, 1.807) is 42.5 Å². The topological polar surface area (TPSA) is 58.6 Å². The van der Waals surface area contributed by atoms with Crippen LogP contribution in [0.5, 0.6) is 5.75 Å². The molecule has 0 bridgehead atoms. The van der Waals surface area contributed by atoms with Crippen molar-refractivity contribution in [3.8, 4) is 5.75 Å². The number of carbonyl (C=O) groups is 2. The molecule has 0 aromatic heterocycles. The molecule has 3 rings (SSSR count). The largest absolute Gasteiger partial charge is 0.496 e. The van der Waals surface area contributed by atoms with Crippen molar-refractivity contribution in [1.29, 1.82) is 0 Å². The van der Waals surface area contributed by atoms with Gasteiger partial charge in [0, 0.05) is 24.3 Å². The van der Waals surface area contributed by atoms with E-state index in [0.717, 1.165) is 25.9 Å². The number of carbonyl (C=O) groups excluding carboxylic acids is 2. The molecule has 2 amide bonds. The Labute approximate surface area is 154 Å². The number of ether oxygens (including phenoxy) is 1. The quantitative estimate of drug-likeness (QED) is 0.906. The average molecular weight is 352 g/mol. The summed E-state index contributed by atoms with van der Waals surface area (Å²) in [6, 6.07) is 14.2. The Morgan fingerprint density at radius 2 is 1.69 bits per heavy atom. The Balaban J connectivity index is 1.74. The normalized spacial score (nSPS) is 14.4. The SMILES string of the molecule is COc1ccccc1C(=O)Nc1cccc(C(=O)N2CCCCCC2)c1. The highest BCUT2D eigenvalue weighted by Gasteiger charge is 2.18. The lowest BCUT2D eigenvalue weighted by atomic mass is 10.1. The summed E-state index contributed by atoms with van der Waals surface area (Å²) in [6.45, 7) is 1.60. The van der Waals surface area contributed by atoms with Gasteiger partial charge in [0.25, 0.3) is 11.8 Å². The summed E-state index contributed by atoms with van der Waals surface area (Å²) in [5, 5.41) is 2.85. The predicted octanol–water partition coefficient (Wildman–Crippen LogP) is 3.96. The van der Waals surface area contributed by atoms with E-state index in [4.69, 9.17) is 4.74 Å². The fourth-order valence-electron chi connectivity index (χ4n) is 3.22. The molecule has 0 unspecified atom stereocenters. The number of likely N-dealkylation sites (tertiary alicyclic amines) is 1. The fourth-order valence-corrected chi connectivity index (χ4v) is 3.22. The summed E-state index contributed by atoms with van der Waals surface area (Å²) in [5.74, 6) is 0.281. The summed E-state index contributed by atoms with van der Waals surface area (Å²) in [4.78, 5) is 27.2. The van der Waals surface area contributed by atoms with Crippen molar-refractivity contribution in [3.05, 3.63) is 59.7 Å². The van der Waals surface area contributed by atoms with E-state index in [2.05, 4.69) is 5.32 Å². The lowest BCUT2D eigenvalue weighted by Crippen LogP contribution is -2.31. The van der Waals surface area contributed by atoms with E-state index in [-0.39, 0.29) is 11.8 Å². The molecule has 26 heavy (non-hydrogen) atoms. The van der Waals surface area contributed by atoms with E-state index in [0.29, 0.717) is 22.6 Å². The van der Waals surface area contributed by atoms with Gasteiger partial charge in [-0.15, -0.1) is 0 Å². The van der Waals surface area contributed by atoms with Crippen LogP contribution in [0.25, 0.3) is 0 Å². The molecule has 0 aliphatic carbocycles. The van der Waals surface area contributed by atoms with E-state index >= 15 is 0 Å². The van der Waals surface area contributed by atoms with Gasteiger partial charge in [-0.05, 0) is 43.2 Å². The van der Waals surface area contributed by atoms with Gasteiger partial charge in [-0.2, -0.15) is 0 Å². The highest BCUT2D eigenvalue weighted by atomic mass is 16.5. The van der Waals surface area contributed by atoms with E-state index in [1.165, 1.54) is 20.0 Å². The smallest absolute Gasteiger partial charge is 0.259 e. The number of nitrogens with zero attached hydrogens (tertiary/aromatic N) is 1. The number of hydrogen-bond acceptors (Lipinski definition) is 3. The van der Waals surface area contributed by atoms with Crippen LogP contribution in [0.1, 0.15) is 46.4 Å². The first-order valence-electron chi connectivity index (χ1n) is 9.03. The van der Waals surface area contributed by atoms with Crippen LogP contribution >= 0.6 is 0 Å². The Morgan fingerprint density at radius 3 is 2.42 bits per heavy atom. The van der Waals surface area contributed by atoms with Crippen LogP contribution in [0, 0.1) is 0 Å². The van der Waals surface area contributed by atoms with Gasteiger partial charge in [-0.1, -0.05) is 31.0 Å². The van der Waals surface area contributed by atoms with Crippen LogP contribution in [0.4, 0.5) is 5.69 Å². The highest BCUT2D eigenvalue weighted by Crippen LogP contribution is 2.20. The monoisotopic (exact) mass is 352 g/mol. The zero-order chi connectivity index (χ0) is 18.4. The first kappa shape index (κ1) is 18.0. The number of hydrogen-bond donors (Lipinski definition) is 1. The van der Waals surface area contributed by atoms with E-state index in [9.17, 15) is 9.59 Å². The number of benzene rings is 2. The number of para-hydroxylation sites is 1. The molecule has 1 heterocycles. The number of methoxy groups -OCH3 is 1. The third kappa shape index (κ3) is 4.23. The van der Waals surface area contributed by atoms with Crippen molar-refractivity contribution in [3.63, 3.8) is 0 Å². The van der Waals surface area contributed by atoms with Crippen molar-refractivity contribution in [2.24, 2.45) is 0 Å². The Morgan fingerprint density at radius 1 is 0.962 bits per heavy atom. The molecule has 136 valence electrons. The molecule has 5 nitrogen and oxygen atoms in total. The minimum atomic E-state index is -0.262. The van der Waals surface area contributed by atoms with Gasteiger partial charge in [0.2, 0.25) is 0 Å². The first-order valence-corrected chi connectivity index (χ1v) is 9.03. The first-order chi connectivity index (χ1) is 12.7. The molecule has 2 aromatic carbocycles. The van der Waals surface area contributed by atoms with Crippen molar-refractivity contribution >= 4 is 17.5 Å². The highest BCUT2D eigenvalue weighted by molar-refractivity contribution is 6.06.